The number of nitrogens with zero attached hydrogens (tertiary/aromatic N) is 3. The molecule has 1 fully saturated rings. The quantitative estimate of drug-likeness (QED) is 0.412. The van der Waals surface area contributed by atoms with Crippen molar-refractivity contribution in [2.24, 2.45) is 0 Å². The predicted octanol–water partition coefficient (Wildman–Crippen LogP) is 4.22. The highest BCUT2D eigenvalue weighted by molar-refractivity contribution is 7.39. The second-order valence-electron chi connectivity index (χ2n) is 7.98. The van der Waals surface area contributed by atoms with Crippen molar-refractivity contribution in [2.75, 3.05) is 23.3 Å². The Labute approximate surface area is 196 Å². The molecule has 1 aromatic carbocycles. The topological polar surface area (TPSA) is 86.9 Å². The summed E-state index contributed by atoms with van der Waals surface area (Å²) in [6, 6.07) is 12.2. The first-order valence-corrected chi connectivity index (χ1v) is 11.9. The van der Waals surface area contributed by atoms with Gasteiger partial charge in [0.1, 0.15) is 11.5 Å². The normalized spacial score (nSPS) is 14.8. The molecule has 0 bridgehead atoms. The number of rotatable bonds is 5. The highest BCUT2D eigenvalue weighted by atomic mass is 31.1. The van der Waals surface area contributed by atoms with Crippen molar-refractivity contribution in [1.29, 1.82) is 0 Å². The van der Waals surface area contributed by atoms with Gasteiger partial charge in [-0.3, -0.25) is 14.0 Å². The Morgan fingerprint density at radius 1 is 1.18 bits per heavy atom. The van der Waals surface area contributed by atoms with Crippen LogP contribution in [0, 0.1) is 6.92 Å². The number of halogens is 1. The van der Waals surface area contributed by atoms with Gasteiger partial charge >= 0.3 is 0 Å². The van der Waals surface area contributed by atoms with Crippen LogP contribution in [0.3, 0.4) is 0 Å². The first-order chi connectivity index (χ1) is 15.8. The second-order valence-corrected chi connectivity index (χ2v) is 10.4. The average molecular weight is 490 g/mol. The summed E-state index contributed by atoms with van der Waals surface area (Å²) < 4.78 is 16.9. The van der Waals surface area contributed by atoms with Crippen molar-refractivity contribution >= 4 is 42.1 Å². The zero-order chi connectivity index (χ0) is 24.0. The number of alkyl halides is 1. The molecule has 3 aromatic rings. The number of nitrogens with one attached hydrogen (secondary N) is 1. The Balaban J connectivity index is 0.000000968. The van der Waals surface area contributed by atoms with E-state index >= 15 is 4.39 Å². The highest BCUT2D eigenvalue weighted by Crippen LogP contribution is 2.44. The van der Waals surface area contributed by atoms with Crippen LogP contribution in [-0.4, -0.2) is 39.2 Å². The molecule has 1 aliphatic heterocycles. The van der Waals surface area contributed by atoms with E-state index in [0.29, 0.717) is 17.0 Å². The summed E-state index contributed by atoms with van der Waals surface area (Å²) in [4.78, 5) is 28.2. The molecule has 3 unspecified atom stereocenters. The van der Waals surface area contributed by atoms with Crippen LogP contribution >= 0.6 is 18.5 Å². The minimum Gasteiger partial charge on any atom is -0.483 e. The standard InChI is InChI=1S/C22H27FN4OP2.CH2O2/c1-15-8-3-4-10-17(15)24-20(22(23,29)30)16-9-7-13-27-19(28)14-18(25-21(16)27)26-11-5-2-6-12-26;2-1-3/h3-4,7-10,13-14,20,24H,2,5-6,11-12,29-30H2,1H3;1H,(H,2,3). The first kappa shape index (κ1) is 25.1. The van der Waals surface area contributed by atoms with Gasteiger partial charge in [0.15, 0.2) is 5.15 Å². The number of pyridine rings is 1. The van der Waals surface area contributed by atoms with Crippen LogP contribution in [0.25, 0.3) is 5.65 Å². The third-order valence-corrected chi connectivity index (χ3v) is 6.25. The lowest BCUT2D eigenvalue weighted by Gasteiger charge is -2.31. The van der Waals surface area contributed by atoms with Gasteiger partial charge in [-0.25, -0.2) is 9.37 Å². The molecule has 7 nitrogen and oxygen atoms in total. The number of para-hydroxylation sites is 1. The maximum Gasteiger partial charge on any atom is 0.290 e. The molecule has 3 heterocycles. The number of carbonyl (C=O) groups is 1. The van der Waals surface area contributed by atoms with Crippen molar-refractivity contribution < 1.29 is 14.3 Å². The van der Waals surface area contributed by atoms with E-state index in [0.717, 1.165) is 37.2 Å². The van der Waals surface area contributed by atoms with Gasteiger partial charge in [-0.15, -0.1) is 0 Å². The van der Waals surface area contributed by atoms with Crippen molar-refractivity contribution in [3.8, 4) is 0 Å². The molecule has 0 aliphatic carbocycles. The summed E-state index contributed by atoms with van der Waals surface area (Å²) in [5.74, 6) is 0.666. The second kappa shape index (κ2) is 11.0. The zero-order valence-electron chi connectivity index (χ0n) is 18.4. The van der Waals surface area contributed by atoms with Gasteiger partial charge in [0, 0.05) is 36.6 Å². The lowest BCUT2D eigenvalue weighted by atomic mass is 10.1. The third kappa shape index (κ3) is 6.07. The Morgan fingerprint density at radius 2 is 1.85 bits per heavy atom. The number of hydrogen-bond donors (Lipinski definition) is 2. The van der Waals surface area contributed by atoms with Crippen LogP contribution in [0.1, 0.15) is 36.4 Å². The van der Waals surface area contributed by atoms with Crippen LogP contribution in [-0.2, 0) is 4.79 Å². The highest BCUT2D eigenvalue weighted by Gasteiger charge is 2.33. The third-order valence-electron chi connectivity index (χ3n) is 5.59. The van der Waals surface area contributed by atoms with E-state index in [1.54, 1.807) is 18.3 Å². The molecule has 2 N–H and O–H groups in total. The van der Waals surface area contributed by atoms with E-state index in [-0.39, 0.29) is 12.0 Å². The van der Waals surface area contributed by atoms with Crippen LogP contribution in [0.2, 0.25) is 0 Å². The number of anilines is 2. The molecule has 4 rings (SSSR count). The molecule has 3 atom stereocenters. The van der Waals surface area contributed by atoms with Gasteiger partial charge in [-0.2, -0.15) is 0 Å². The maximum atomic E-state index is 15.4. The van der Waals surface area contributed by atoms with E-state index in [4.69, 9.17) is 14.9 Å². The van der Waals surface area contributed by atoms with E-state index in [2.05, 4.69) is 28.7 Å². The summed E-state index contributed by atoms with van der Waals surface area (Å²) in [5.41, 5.74) is 2.80. The van der Waals surface area contributed by atoms with E-state index < -0.39 is 11.2 Å². The predicted molar refractivity (Wildman–Crippen MR) is 137 cm³/mol. The molecule has 0 radical (unpaired) electrons. The van der Waals surface area contributed by atoms with Crippen LogP contribution < -0.4 is 15.8 Å². The molecule has 1 saturated heterocycles. The molecule has 33 heavy (non-hydrogen) atoms. The number of benzene rings is 1. The SMILES string of the molecule is Cc1ccccc1NC(c1cccn2c(=O)cc(N3CCCCC3)nc12)C(F)(P)P.O=CO. The largest absolute Gasteiger partial charge is 0.483 e. The fraction of sp³-hybridized carbons (Fsp3) is 0.348. The molecular formula is C23H29FN4O3P2. The van der Waals surface area contributed by atoms with Gasteiger partial charge in [-0.1, -0.05) is 42.7 Å². The lowest BCUT2D eigenvalue weighted by molar-refractivity contribution is -0.122. The number of aromatic nitrogens is 2. The van der Waals surface area contributed by atoms with Crippen LogP contribution in [0.4, 0.5) is 15.9 Å². The van der Waals surface area contributed by atoms with Gasteiger partial charge in [0.25, 0.3) is 12.0 Å². The van der Waals surface area contributed by atoms with Gasteiger partial charge < -0.3 is 15.3 Å². The van der Waals surface area contributed by atoms with Crippen molar-refractivity contribution in [3.05, 3.63) is 70.1 Å². The summed E-state index contributed by atoms with van der Waals surface area (Å²) in [6.07, 6.45) is 5.06. The van der Waals surface area contributed by atoms with Gasteiger partial charge in [0.05, 0.1) is 6.04 Å². The van der Waals surface area contributed by atoms with Crippen molar-refractivity contribution in [2.45, 2.75) is 37.4 Å². The summed E-state index contributed by atoms with van der Waals surface area (Å²) in [7, 11) is 4.51. The molecular weight excluding hydrogens is 461 g/mol. The number of fused-ring (bicyclic) bond motifs is 1. The monoisotopic (exact) mass is 490 g/mol. The molecule has 176 valence electrons. The minimum atomic E-state index is -1.75. The number of aryl methyl sites for hydroxylation is 1. The fourth-order valence-electron chi connectivity index (χ4n) is 3.96. The molecule has 0 spiro atoms. The first-order valence-electron chi connectivity index (χ1n) is 10.7. The van der Waals surface area contributed by atoms with E-state index in [9.17, 15) is 4.79 Å². The molecule has 2 aromatic heterocycles. The Morgan fingerprint density at radius 3 is 2.48 bits per heavy atom. The van der Waals surface area contributed by atoms with Crippen LogP contribution in [0.15, 0.2) is 53.5 Å². The molecule has 10 heteroatoms. The van der Waals surface area contributed by atoms with Crippen LogP contribution in [0.5, 0.6) is 0 Å². The summed E-state index contributed by atoms with van der Waals surface area (Å²) in [6.45, 7) is 3.50. The van der Waals surface area contributed by atoms with E-state index in [1.807, 2.05) is 37.3 Å². The fourth-order valence-corrected chi connectivity index (χ4v) is 4.49. The van der Waals surface area contributed by atoms with Gasteiger partial charge in [0.2, 0.25) is 0 Å². The van der Waals surface area contributed by atoms with Crippen molar-refractivity contribution in [1.82, 2.24) is 9.38 Å². The molecule has 0 amide bonds. The Kier molecular flexibility index (Phi) is 8.39. The number of hydrogen-bond acceptors (Lipinski definition) is 5. The minimum absolute atomic E-state index is 0.158. The smallest absolute Gasteiger partial charge is 0.290 e. The van der Waals surface area contributed by atoms with Gasteiger partial charge in [-0.05, 0) is 43.9 Å². The zero-order valence-corrected chi connectivity index (χ0v) is 20.8. The van der Waals surface area contributed by atoms with Crippen molar-refractivity contribution in [3.63, 3.8) is 0 Å². The Bertz CT molecular complexity index is 1160. The lowest BCUT2D eigenvalue weighted by Crippen LogP contribution is -2.32. The Hall–Kier alpha value is -2.56. The maximum absolute atomic E-state index is 15.4. The average Bonchev–Trinajstić information content (AvgIpc) is 2.79. The summed E-state index contributed by atoms with van der Waals surface area (Å²) in [5, 5.41) is 8.47. The van der Waals surface area contributed by atoms with E-state index in [1.165, 1.54) is 10.8 Å². The number of piperidine rings is 1. The molecule has 0 saturated carbocycles. The summed E-state index contributed by atoms with van der Waals surface area (Å²) >= 11 is 0. The number of carboxylic acid groups (broad SMARTS) is 1. The molecule has 1 aliphatic rings.